The maximum Gasteiger partial charge on any atom is 0.122 e. The largest absolute Gasteiger partial charge is 0.497 e. The number of methoxy groups -OCH3 is 1. The molecule has 0 atom stereocenters. The highest BCUT2D eigenvalue weighted by atomic mass is 16.5. The van der Waals surface area contributed by atoms with Crippen LogP contribution in [0.25, 0.3) is 11.1 Å². The molecule has 0 fully saturated rings. The van der Waals surface area contributed by atoms with Gasteiger partial charge in [0.1, 0.15) is 11.5 Å². The van der Waals surface area contributed by atoms with E-state index in [4.69, 9.17) is 9.15 Å². The van der Waals surface area contributed by atoms with Gasteiger partial charge in [0.15, 0.2) is 0 Å². The zero-order valence-electron chi connectivity index (χ0n) is 11.9. The molecule has 1 N–H and O–H groups in total. The predicted octanol–water partition coefficient (Wildman–Crippen LogP) is 4.57. The molecule has 1 aromatic heterocycles. The lowest BCUT2D eigenvalue weighted by Gasteiger charge is -2.07. The lowest BCUT2D eigenvalue weighted by atomic mass is 10.1. The molecule has 0 saturated carbocycles. The second kappa shape index (κ2) is 6.18. The Labute approximate surface area is 124 Å². The maximum absolute atomic E-state index is 5.30. The summed E-state index contributed by atoms with van der Waals surface area (Å²) < 4.78 is 10.5. The van der Waals surface area contributed by atoms with Crippen molar-refractivity contribution in [1.82, 2.24) is 0 Å². The van der Waals surface area contributed by atoms with Gasteiger partial charge in [0.2, 0.25) is 0 Å². The molecule has 21 heavy (non-hydrogen) atoms. The molecule has 0 unspecified atom stereocenters. The van der Waals surface area contributed by atoms with Gasteiger partial charge in [0.25, 0.3) is 0 Å². The van der Waals surface area contributed by atoms with Crippen molar-refractivity contribution in [3.05, 3.63) is 72.7 Å². The summed E-state index contributed by atoms with van der Waals surface area (Å²) in [4.78, 5) is 0. The third kappa shape index (κ3) is 3.26. The van der Waals surface area contributed by atoms with Gasteiger partial charge in [-0.3, -0.25) is 0 Å². The summed E-state index contributed by atoms with van der Waals surface area (Å²) in [6.45, 7) is 0.689. The third-order valence-electron chi connectivity index (χ3n) is 3.36. The summed E-state index contributed by atoms with van der Waals surface area (Å²) in [5, 5.41) is 3.33. The van der Waals surface area contributed by atoms with Crippen molar-refractivity contribution in [1.29, 1.82) is 0 Å². The molecular weight excluding hydrogens is 262 g/mol. The standard InChI is InChI=1S/C18H17NO2/c1-20-17-10-6-15(7-11-17)14-4-8-16(9-5-14)19-13-18-3-2-12-21-18/h2-12,19H,13H2,1H3. The van der Waals surface area contributed by atoms with Crippen LogP contribution in [0.1, 0.15) is 5.76 Å². The Morgan fingerprint density at radius 2 is 1.57 bits per heavy atom. The molecule has 1 heterocycles. The number of furan rings is 1. The maximum atomic E-state index is 5.30. The Bertz CT molecular complexity index is 670. The molecule has 0 saturated heterocycles. The molecule has 0 aliphatic carbocycles. The van der Waals surface area contributed by atoms with Crippen molar-refractivity contribution in [3.8, 4) is 16.9 Å². The first-order valence-electron chi connectivity index (χ1n) is 6.86. The molecule has 3 heteroatoms. The Hall–Kier alpha value is -2.68. The van der Waals surface area contributed by atoms with Gasteiger partial charge in [-0.05, 0) is 47.5 Å². The molecule has 0 amide bonds. The fraction of sp³-hybridized carbons (Fsp3) is 0.111. The molecule has 106 valence electrons. The summed E-state index contributed by atoms with van der Waals surface area (Å²) in [6, 6.07) is 20.3. The lowest BCUT2D eigenvalue weighted by molar-refractivity contribution is 0.415. The molecule has 0 bridgehead atoms. The number of rotatable bonds is 5. The highest BCUT2D eigenvalue weighted by molar-refractivity contribution is 5.66. The topological polar surface area (TPSA) is 34.4 Å². The average molecular weight is 279 g/mol. The fourth-order valence-electron chi connectivity index (χ4n) is 2.17. The van der Waals surface area contributed by atoms with Crippen LogP contribution >= 0.6 is 0 Å². The molecule has 0 spiro atoms. The Kier molecular flexibility index (Phi) is 3.92. The minimum atomic E-state index is 0.689. The number of benzene rings is 2. The van der Waals surface area contributed by atoms with Gasteiger partial charge in [-0.15, -0.1) is 0 Å². The Balaban J connectivity index is 1.68. The van der Waals surface area contributed by atoms with Crippen molar-refractivity contribution in [2.45, 2.75) is 6.54 Å². The smallest absolute Gasteiger partial charge is 0.122 e. The molecule has 0 radical (unpaired) electrons. The van der Waals surface area contributed by atoms with Gasteiger partial charge in [-0.1, -0.05) is 24.3 Å². The van der Waals surface area contributed by atoms with Crippen molar-refractivity contribution >= 4 is 5.69 Å². The summed E-state index contributed by atoms with van der Waals surface area (Å²) >= 11 is 0. The summed E-state index contributed by atoms with van der Waals surface area (Å²) in [7, 11) is 1.68. The Morgan fingerprint density at radius 3 is 2.14 bits per heavy atom. The summed E-state index contributed by atoms with van der Waals surface area (Å²) in [5.41, 5.74) is 3.43. The zero-order valence-corrected chi connectivity index (χ0v) is 11.9. The molecule has 3 nitrogen and oxygen atoms in total. The first-order chi connectivity index (χ1) is 10.3. The van der Waals surface area contributed by atoms with Gasteiger partial charge in [-0.2, -0.15) is 0 Å². The van der Waals surface area contributed by atoms with Gasteiger partial charge >= 0.3 is 0 Å². The number of anilines is 1. The lowest BCUT2D eigenvalue weighted by Crippen LogP contribution is -1.97. The number of ether oxygens (including phenoxy) is 1. The van der Waals surface area contributed by atoms with E-state index in [0.717, 1.165) is 17.2 Å². The van der Waals surface area contributed by atoms with Crippen LogP contribution in [-0.2, 0) is 6.54 Å². The number of nitrogens with one attached hydrogen (secondary N) is 1. The van der Waals surface area contributed by atoms with Crippen molar-refractivity contribution in [2.75, 3.05) is 12.4 Å². The third-order valence-corrected chi connectivity index (χ3v) is 3.36. The Morgan fingerprint density at radius 1 is 0.905 bits per heavy atom. The quantitative estimate of drug-likeness (QED) is 0.743. The van der Waals surface area contributed by atoms with Crippen LogP contribution in [0.4, 0.5) is 5.69 Å². The van der Waals surface area contributed by atoms with Gasteiger partial charge in [0, 0.05) is 5.69 Å². The van der Waals surface area contributed by atoms with E-state index in [0.29, 0.717) is 6.54 Å². The first-order valence-corrected chi connectivity index (χ1v) is 6.86. The van der Waals surface area contributed by atoms with E-state index >= 15 is 0 Å². The minimum absolute atomic E-state index is 0.689. The monoisotopic (exact) mass is 279 g/mol. The second-order valence-corrected chi connectivity index (χ2v) is 4.74. The van der Waals surface area contributed by atoms with E-state index in [9.17, 15) is 0 Å². The van der Waals surface area contributed by atoms with Gasteiger partial charge in [0.05, 0.1) is 19.9 Å². The number of hydrogen-bond acceptors (Lipinski definition) is 3. The summed E-state index contributed by atoms with van der Waals surface area (Å²) in [6.07, 6.45) is 1.68. The summed E-state index contributed by atoms with van der Waals surface area (Å²) in [5.74, 6) is 1.80. The second-order valence-electron chi connectivity index (χ2n) is 4.74. The minimum Gasteiger partial charge on any atom is -0.497 e. The van der Waals surface area contributed by atoms with Crippen LogP contribution < -0.4 is 10.1 Å². The number of hydrogen-bond donors (Lipinski definition) is 1. The molecule has 0 aliphatic rings. The van der Waals surface area contributed by atoms with Crippen LogP contribution in [0.5, 0.6) is 5.75 Å². The predicted molar refractivity (Wildman–Crippen MR) is 84.5 cm³/mol. The first kappa shape index (κ1) is 13.3. The van der Waals surface area contributed by atoms with Crippen LogP contribution in [0.2, 0.25) is 0 Å². The normalized spacial score (nSPS) is 10.3. The van der Waals surface area contributed by atoms with E-state index in [1.807, 2.05) is 24.3 Å². The molecular formula is C18H17NO2. The van der Waals surface area contributed by atoms with E-state index in [-0.39, 0.29) is 0 Å². The van der Waals surface area contributed by atoms with Crippen molar-refractivity contribution in [3.63, 3.8) is 0 Å². The zero-order chi connectivity index (χ0) is 14.5. The fourth-order valence-corrected chi connectivity index (χ4v) is 2.17. The van der Waals surface area contributed by atoms with Crippen LogP contribution in [-0.4, -0.2) is 7.11 Å². The highest BCUT2D eigenvalue weighted by Crippen LogP contribution is 2.24. The molecule has 0 aliphatic heterocycles. The van der Waals surface area contributed by atoms with Gasteiger partial charge in [-0.25, -0.2) is 0 Å². The molecule has 3 rings (SSSR count). The average Bonchev–Trinajstić information content (AvgIpc) is 3.07. The van der Waals surface area contributed by atoms with Gasteiger partial charge < -0.3 is 14.5 Å². The van der Waals surface area contributed by atoms with Crippen molar-refractivity contribution in [2.24, 2.45) is 0 Å². The van der Waals surface area contributed by atoms with Crippen LogP contribution in [0, 0.1) is 0 Å². The van der Waals surface area contributed by atoms with Crippen LogP contribution in [0.3, 0.4) is 0 Å². The SMILES string of the molecule is COc1ccc(-c2ccc(NCc3ccco3)cc2)cc1. The van der Waals surface area contributed by atoms with Crippen LogP contribution in [0.15, 0.2) is 71.3 Å². The highest BCUT2D eigenvalue weighted by Gasteiger charge is 2.00. The van der Waals surface area contributed by atoms with E-state index in [1.54, 1.807) is 13.4 Å². The van der Waals surface area contributed by atoms with E-state index in [1.165, 1.54) is 11.1 Å². The molecule has 3 aromatic rings. The van der Waals surface area contributed by atoms with E-state index in [2.05, 4.69) is 41.7 Å². The molecule has 2 aromatic carbocycles. The van der Waals surface area contributed by atoms with Crippen molar-refractivity contribution < 1.29 is 9.15 Å². The van der Waals surface area contributed by atoms with E-state index < -0.39 is 0 Å².